The van der Waals surface area contributed by atoms with Gasteiger partial charge in [0.1, 0.15) is 5.75 Å². The van der Waals surface area contributed by atoms with Crippen LogP contribution in [0.1, 0.15) is 31.2 Å². The molecule has 1 fully saturated rings. The van der Waals surface area contributed by atoms with E-state index < -0.39 is 12.2 Å². The second-order valence-corrected chi connectivity index (χ2v) is 5.02. The van der Waals surface area contributed by atoms with Crippen molar-refractivity contribution in [3.63, 3.8) is 0 Å². The van der Waals surface area contributed by atoms with Crippen LogP contribution in [0.5, 0.6) is 5.75 Å². The molecule has 0 amide bonds. The van der Waals surface area contributed by atoms with E-state index in [1.165, 1.54) is 6.07 Å². The Kier molecular flexibility index (Phi) is 4.71. The van der Waals surface area contributed by atoms with Gasteiger partial charge >= 0.3 is 6.61 Å². The molecule has 0 heterocycles. The van der Waals surface area contributed by atoms with Crippen molar-refractivity contribution in [2.45, 2.75) is 44.4 Å². The van der Waals surface area contributed by atoms with Crippen LogP contribution in [0.2, 0.25) is 0 Å². The van der Waals surface area contributed by atoms with Gasteiger partial charge in [0.2, 0.25) is 0 Å². The number of para-hydroxylation sites is 1. The van der Waals surface area contributed by atoms with E-state index in [4.69, 9.17) is 0 Å². The predicted octanol–water partition coefficient (Wildman–Crippen LogP) is 2.68. The van der Waals surface area contributed by atoms with Crippen LogP contribution in [-0.4, -0.2) is 23.9 Å². The van der Waals surface area contributed by atoms with Crippen molar-refractivity contribution in [3.05, 3.63) is 29.8 Å². The molecule has 1 aliphatic rings. The molecule has 0 unspecified atom stereocenters. The SMILES string of the molecule is OC1(CNCc2ccccc2OC(F)F)CCCC1. The van der Waals surface area contributed by atoms with Crippen LogP contribution in [0.4, 0.5) is 8.78 Å². The maximum atomic E-state index is 12.2. The average Bonchev–Trinajstić information content (AvgIpc) is 2.78. The number of halogens is 2. The lowest BCUT2D eigenvalue weighted by molar-refractivity contribution is -0.0505. The molecule has 1 aliphatic carbocycles. The Labute approximate surface area is 111 Å². The molecule has 1 saturated carbocycles. The van der Waals surface area contributed by atoms with E-state index in [2.05, 4.69) is 10.1 Å². The Morgan fingerprint density at radius 2 is 1.95 bits per heavy atom. The minimum absolute atomic E-state index is 0.184. The summed E-state index contributed by atoms with van der Waals surface area (Å²) in [4.78, 5) is 0. The topological polar surface area (TPSA) is 41.5 Å². The minimum Gasteiger partial charge on any atom is -0.434 e. The van der Waals surface area contributed by atoms with Crippen LogP contribution in [0.15, 0.2) is 24.3 Å². The lowest BCUT2D eigenvalue weighted by atomic mass is 10.0. The van der Waals surface area contributed by atoms with Crippen molar-refractivity contribution < 1.29 is 18.6 Å². The number of hydrogen-bond donors (Lipinski definition) is 2. The quantitative estimate of drug-likeness (QED) is 0.836. The molecule has 19 heavy (non-hydrogen) atoms. The number of aliphatic hydroxyl groups is 1. The Bertz CT molecular complexity index is 406. The summed E-state index contributed by atoms with van der Waals surface area (Å²) in [5.41, 5.74) is 0.0304. The number of rotatable bonds is 6. The van der Waals surface area contributed by atoms with Gasteiger partial charge in [0.15, 0.2) is 0 Å². The monoisotopic (exact) mass is 271 g/mol. The average molecular weight is 271 g/mol. The van der Waals surface area contributed by atoms with Crippen LogP contribution in [0, 0.1) is 0 Å². The first-order valence-electron chi connectivity index (χ1n) is 6.55. The number of alkyl halides is 2. The predicted molar refractivity (Wildman–Crippen MR) is 68.2 cm³/mol. The molecule has 106 valence electrons. The van der Waals surface area contributed by atoms with Crippen LogP contribution >= 0.6 is 0 Å². The molecule has 0 atom stereocenters. The highest BCUT2D eigenvalue weighted by atomic mass is 19.3. The molecule has 0 aliphatic heterocycles. The number of hydrogen-bond acceptors (Lipinski definition) is 3. The zero-order chi connectivity index (χ0) is 13.7. The van der Waals surface area contributed by atoms with Crippen molar-refractivity contribution in [2.24, 2.45) is 0 Å². The summed E-state index contributed by atoms with van der Waals surface area (Å²) in [5.74, 6) is 0.184. The van der Waals surface area contributed by atoms with E-state index in [1.54, 1.807) is 18.2 Å². The van der Waals surface area contributed by atoms with E-state index in [0.717, 1.165) is 25.7 Å². The summed E-state index contributed by atoms with van der Waals surface area (Å²) >= 11 is 0. The van der Waals surface area contributed by atoms with Crippen LogP contribution in [0.25, 0.3) is 0 Å². The molecule has 1 aromatic carbocycles. The molecule has 0 bridgehead atoms. The molecule has 0 aromatic heterocycles. The summed E-state index contributed by atoms with van der Waals surface area (Å²) in [5, 5.41) is 13.3. The highest BCUT2D eigenvalue weighted by Gasteiger charge is 2.30. The van der Waals surface area contributed by atoms with E-state index >= 15 is 0 Å². The van der Waals surface area contributed by atoms with Gasteiger partial charge in [-0.3, -0.25) is 0 Å². The number of benzene rings is 1. The maximum Gasteiger partial charge on any atom is 0.387 e. The van der Waals surface area contributed by atoms with Gasteiger partial charge in [-0.2, -0.15) is 8.78 Å². The molecule has 2 N–H and O–H groups in total. The molecule has 0 saturated heterocycles. The van der Waals surface area contributed by atoms with Crippen molar-refractivity contribution in [1.82, 2.24) is 5.32 Å². The summed E-state index contributed by atoms with van der Waals surface area (Å²) in [7, 11) is 0. The van der Waals surface area contributed by atoms with Gasteiger partial charge in [-0.25, -0.2) is 0 Å². The van der Waals surface area contributed by atoms with Crippen molar-refractivity contribution >= 4 is 0 Å². The first-order valence-corrected chi connectivity index (χ1v) is 6.55. The lowest BCUT2D eigenvalue weighted by Gasteiger charge is -2.22. The van der Waals surface area contributed by atoms with Gasteiger partial charge < -0.3 is 15.2 Å². The normalized spacial score (nSPS) is 17.9. The van der Waals surface area contributed by atoms with E-state index in [-0.39, 0.29) is 5.75 Å². The third-order valence-electron chi connectivity index (χ3n) is 3.49. The summed E-state index contributed by atoms with van der Waals surface area (Å²) in [6, 6.07) is 6.70. The highest BCUT2D eigenvalue weighted by Crippen LogP contribution is 2.29. The summed E-state index contributed by atoms with van der Waals surface area (Å²) in [6.45, 7) is -1.93. The van der Waals surface area contributed by atoms with Crippen LogP contribution in [-0.2, 0) is 6.54 Å². The molecule has 3 nitrogen and oxygen atoms in total. The molecule has 0 radical (unpaired) electrons. The standard InChI is InChI=1S/C14H19F2NO2/c15-13(16)19-12-6-2-1-5-11(12)9-17-10-14(18)7-3-4-8-14/h1-2,5-6,13,17-18H,3-4,7-10H2. The fourth-order valence-corrected chi connectivity index (χ4v) is 2.50. The van der Waals surface area contributed by atoms with Crippen molar-refractivity contribution in [1.29, 1.82) is 0 Å². The summed E-state index contributed by atoms with van der Waals surface area (Å²) in [6.07, 6.45) is 3.69. The Morgan fingerprint density at radius 3 is 2.63 bits per heavy atom. The molecule has 1 aromatic rings. The third-order valence-corrected chi connectivity index (χ3v) is 3.49. The summed E-state index contributed by atoms with van der Waals surface area (Å²) < 4.78 is 29.0. The van der Waals surface area contributed by atoms with Gasteiger partial charge in [0.05, 0.1) is 5.60 Å². The molecule has 5 heteroatoms. The Balaban J connectivity index is 1.88. The van der Waals surface area contributed by atoms with Crippen molar-refractivity contribution in [2.75, 3.05) is 6.54 Å². The second kappa shape index (κ2) is 6.30. The van der Waals surface area contributed by atoms with Gasteiger partial charge in [-0.1, -0.05) is 31.0 Å². The van der Waals surface area contributed by atoms with Crippen LogP contribution < -0.4 is 10.1 Å². The van der Waals surface area contributed by atoms with E-state index in [1.807, 2.05) is 0 Å². The van der Waals surface area contributed by atoms with Crippen LogP contribution in [0.3, 0.4) is 0 Å². The van der Waals surface area contributed by atoms with Gasteiger partial charge in [-0.05, 0) is 18.9 Å². The third kappa shape index (κ3) is 4.14. The molecule has 0 spiro atoms. The Hall–Kier alpha value is -1.20. The molecular formula is C14H19F2NO2. The van der Waals surface area contributed by atoms with E-state index in [0.29, 0.717) is 18.7 Å². The zero-order valence-corrected chi connectivity index (χ0v) is 10.7. The minimum atomic E-state index is -2.82. The highest BCUT2D eigenvalue weighted by molar-refractivity contribution is 5.33. The first kappa shape index (κ1) is 14.2. The van der Waals surface area contributed by atoms with Crippen molar-refractivity contribution in [3.8, 4) is 5.75 Å². The maximum absolute atomic E-state index is 12.2. The smallest absolute Gasteiger partial charge is 0.387 e. The zero-order valence-electron chi connectivity index (χ0n) is 10.7. The molecular weight excluding hydrogens is 252 g/mol. The fraction of sp³-hybridized carbons (Fsp3) is 0.571. The number of ether oxygens (including phenoxy) is 1. The molecule has 2 rings (SSSR count). The van der Waals surface area contributed by atoms with E-state index in [9.17, 15) is 13.9 Å². The Morgan fingerprint density at radius 1 is 1.26 bits per heavy atom. The first-order chi connectivity index (χ1) is 9.09. The van der Waals surface area contributed by atoms with Gasteiger partial charge in [-0.15, -0.1) is 0 Å². The largest absolute Gasteiger partial charge is 0.434 e. The second-order valence-electron chi connectivity index (χ2n) is 5.02. The van der Waals surface area contributed by atoms with Gasteiger partial charge in [0.25, 0.3) is 0 Å². The fourth-order valence-electron chi connectivity index (χ4n) is 2.50. The lowest BCUT2D eigenvalue weighted by Crippen LogP contribution is -2.37. The number of nitrogens with one attached hydrogen (secondary N) is 1. The van der Waals surface area contributed by atoms with Gasteiger partial charge in [0, 0.05) is 18.7 Å².